The van der Waals surface area contributed by atoms with E-state index in [0.717, 1.165) is 17.7 Å². The molecule has 4 nitrogen and oxygen atoms in total. The molecule has 0 aromatic heterocycles. The van der Waals surface area contributed by atoms with Crippen LogP contribution in [0.2, 0.25) is 0 Å². The van der Waals surface area contributed by atoms with E-state index in [2.05, 4.69) is 0 Å². The van der Waals surface area contributed by atoms with Crippen LogP contribution in [0.5, 0.6) is 5.75 Å². The second-order valence-corrected chi connectivity index (χ2v) is 6.01. The highest BCUT2D eigenvalue weighted by Gasteiger charge is 2.40. The van der Waals surface area contributed by atoms with E-state index in [1.165, 1.54) is 0 Å². The molecule has 0 saturated carbocycles. The number of fused-ring (bicyclic) bond motifs is 1. The molecule has 2 aliphatic rings. The molecule has 1 unspecified atom stereocenters. The van der Waals surface area contributed by atoms with Gasteiger partial charge in [0.25, 0.3) is 5.91 Å². The topological polar surface area (TPSA) is 49.8 Å². The van der Waals surface area contributed by atoms with Gasteiger partial charge in [-0.05, 0) is 44.0 Å². The van der Waals surface area contributed by atoms with Crippen molar-refractivity contribution >= 4 is 5.91 Å². The first-order valence-electron chi connectivity index (χ1n) is 6.73. The van der Waals surface area contributed by atoms with Crippen LogP contribution in [0.25, 0.3) is 0 Å². The molecule has 0 radical (unpaired) electrons. The molecule has 3 rings (SSSR count). The van der Waals surface area contributed by atoms with Crippen molar-refractivity contribution in [1.29, 1.82) is 0 Å². The van der Waals surface area contributed by atoms with Crippen LogP contribution >= 0.6 is 0 Å². The fourth-order valence-electron chi connectivity index (χ4n) is 3.04. The molecule has 19 heavy (non-hydrogen) atoms. The fraction of sp³-hybridized carbons (Fsp3) is 0.533. The summed E-state index contributed by atoms with van der Waals surface area (Å²) in [5.41, 5.74) is 1.50. The average molecular weight is 261 g/mol. The van der Waals surface area contributed by atoms with Crippen molar-refractivity contribution in [3.8, 4) is 5.75 Å². The normalized spacial score (nSPS) is 24.2. The lowest BCUT2D eigenvalue weighted by atomic mass is 10.00. The second-order valence-electron chi connectivity index (χ2n) is 6.01. The van der Waals surface area contributed by atoms with Gasteiger partial charge in [0.1, 0.15) is 5.75 Å². The van der Waals surface area contributed by atoms with Gasteiger partial charge in [-0.25, -0.2) is 0 Å². The molecule has 1 amide bonds. The Morgan fingerprint density at radius 1 is 1.47 bits per heavy atom. The molecule has 102 valence electrons. The Morgan fingerprint density at radius 3 is 2.95 bits per heavy atom. The monoisotopic (exact) mass is 261 g/mol. The first-order valence-corrected chi connectivity index (χ1v) is 6.73. The van der Waals surface area contributed by atoms with Gasteiger partial charge < -0.3 is 14.7 Å². The number of ether oxygens (including phenoxy) is 1. The number of benzene rings is 1. The van der Waals surface area contributed by atoms with Crippen molar-refractivity contribution in [3.63, 3.8) is 0 Å². The van der Waals surface area contributed by atoms with Crippen molar-refractivity contribution in [2.75, 3.05) is 13.2 Å². The Labute approximate surface area is 113 Å². The summed E-state index contributed by atoms with van der Waals surface area (Å²) in [7, 11) is 0. The number of aliphatic hydroxyl groups excluding tert-OH is 1. The zero-order chi connectivity index (χ0) is 13.6. The lowest BCUT2D eigenvalue weighted by Gasteiger charge is -2.31. The molecule has 2 aliphatic heterocycles. The highest BCUT2D eigenvalue weighted by Crippen LogP contribution is 2.32. The molecule has 4 heteroatoms. The van der Waals surface area contributed by atoms with Gasteiger partial charge in [0.15, 0.2) is 0 Å². The Kier molecular flexibility index (Phi) is 2.78. The molecule has 0 aliphatic carbocycles. The van der Waals surface area contributed by atoms with Gasteiger partial charge >= 0.3 is 0 Å². The van der Waals surface area contributed by atoms with Crippen LogP contribution in [0.3, 0.4) is 0 Å². The van der Waals surface area contributed by atoms with E-state index in [1.54, 1.807) is 4.90 Å². The summed E-state index contributed by atoms with van der Waals surface area (Å²) in [6.07, 6.45) is 1.08. The standard InChI is InChI=1S/C15H19NO3/c1-15(2)8-12(17)9-16(15)14(18)11-3-4-13-10(7-11)5-6-19-13/h3-4,7,12,17H,5-6,8-9H2,1-2H3. The van der Waals surface area contributed by atoms with E-state index in [4.69, 9.17) is 4.74 Å². The van der Waals surface area contributed by atoms with Crippen molar-refractivity contribution in [2.45, 2.75) is 38.3 Å². The van der Waals surface area contributed by atoms with Gasteiger partial charge in [0.2, 0.25) is 0 Å². The van der Waals surface area contributed by atoms with Gasteiger partial charge in [0, 0.05) is 24.1 Å². The third-order valence-corrected chi connectivity index (χ3v) is 4.04. The predicted octanol–water partition coefficient (Wildman–Crippen LogP) is 1.61. The minimum atomic E-state index is -0.420. The minimum Gasteiger partial charge on any atom is -0.493 e. The van der Waals surface area contributed by atoms with Gasteiger partial charge in [-0.15, -0.1) is 0 Å². The fourth-order valence-corrected chi connectivity index (χ4v) is 3.04. The maximum atomic E-state index is 12.6. The van der Waals surface area contributed by atoms with E-state index in [1.807, 2.05) is 32.0 Å². The predicted molar refractivity (Wildman–Crippen MR) is 71.4 cm³/mol. The Balaban J connectivity index is 1.88. The molecule has 1 atom stereocenters. The summed E-state index contributed by atoms with van der Waals surface area (Å²) < 4.78 is 5.45. The molecule has 2 heterocycles. The van der Waals surface area contributed by atoms with Gasteiger partial charge in [-0.1, -0.05) is 0 Å². The van der Waals surface area contributed by atoms with Crippen LogP contribution in [-0.2, 0) is 6.42 Å². The molecule has 0 bridgehead atoms. The number of carbonyl (C=O) groups excluding carboxylic acids is 1. The maximum Gasteiger partial charge on any atom is 0.254 e. The van der Waals surface area contributed by atoms with Crippen LogP contribution in [0.1, 0.15) is 36.2 Å². The van der Waals surface area contributed by atoms with Crippen LogP contribution in [-0.4, -0.2) is 40.7 Å². The number of hydrogen-bond donors (Lipinski definition) is 1. The van der Waals surface area contributed by atoms with Gasteiger partial charge in [0.05, 0.1) is 12.7 Å². The number of rotatable bonds is 1. The highest BCUT2D eigenvalue weighted by molar-refractivity contribution is 5.95. The van der Waals surface area contributed by atoms with Crippen LogP contribution in [0.15, 0.2) is 18.2 Å². The number of carbonyl (C=O) groups is 1. The largest absolute Gasteiger partial charge is 0.493 e. The lowest BCUT2D eigenvalue weighted by Crippen LogP contribution is -2.42. The number of hydrogen-bond acceptors (Lipinski definition) is 3. The van der Waals surface area contributed by atoms with E-state index in [-0.39, 0.29) is 11.4 Å². The van der Waals surface area contributed by atoms with Crippen LogP contribution in [0.4, 0.5) is 0 Å². The molecule has 1 N–H and O–H groups in total. The number of β-amino-alcohol motifs (C(OH)–C–C–N with tert-alkyl or cyclic N) is 1. The summed E-state index contributed by atoms with van der Waals surface area (Å²) in [4.78, 5) is 14.4. The van der Waals surface area contributed by atoms with Crippen LogP contribution < -0.4 is 4.74 Å². The zero-order valence-electron chi connectivity index (χ0n) is 11.3. The SMILES string of the molecule is CC1(C)CC(O)CN1C(=O)c1ccc2c(c1)CCO2. The summed E-state index contributed by atoms with van der Waals surface area (Å²) in [6.45, 7) is 5.11. The number of nitrogens with zero attached hydrogens (tertiary/aromatic N) is 1. The van der Waals surface area contributed by atoms with E-state index >= 15 is 0 Å². The Morgan fingerprint density at radius 2 is 2.26 bits per heavy atom. The Hall–Kier alpha value is -1.55. The van der Waals surface area contributed by atoms with E-state index in [0.29, 0.717) is 25.1 Å². The molecule has 1 saturated heterocycles. The van der Waals surface area contributed by atoms with E-state index < -0.39 is 6.10 Å². The zero-order valence-corrected chi connectivity index (χ0v) is 11.3. The smallest absolute Gasteiger partial charge is 0.254 e. The first-order chi connectivity index (χ1) is 8.97. The molecular formula is C15H19NO3. The molecule has 1 aromatic rings. The quantitative estimate of drug-likeness (QED) is 0.835. The summed E-state index contributed by atoms with van der Waals surface area (Å²) in [6, 6.07) is 5.60. The highest BCUT2D eigenvalue weighted by atomic mass is 16.5. The van der Waals surface area contributed by atoms with E-state index in [9.17, 15) is 9.90 Å². The summed E-state index contributed by atoms with van der Waals surface area (Å²) in [5.74, 6) is 0.883. The first kappa shape index (κ1) is 12.5. The molecule has 1 fully saturated rings. The van der Waals surface area contributed by atoms with Crippen molar-refractivity contribution in [3.05, 3.63) is 29.3 Å². The van der Waals surface area contributed by atoms with Crippen molar-refractivity contribution < 1.29 is 14.6 Å². The Bertz CT molecular complexity index is 524. The van der Waals surface area contributed by atoms with Crippen molar-refractivity contribution in [1.82, 2.24) is 4.90 Å². The van der Waals surface area contributed by atoms with Gasteiger partial charge in [-0.2, -0.15) is 0 Å². The van der Waals surface area contributed by atoms with Crippen molar-refractivity contribution in [2.24, 2.45) is 0 Å². The molecule has 0 spiro atoms. The molecular weight excluding hydrogens is 242 g/mol. The minimum absolute atomic E-state index is 0.00347. The lowest BCUT2D eigenvalue weighted by molar-refractivity contribution is 0.0641. The third kappa shape index (κ3) is 2.10. The summed E-state index contributed by atoms with van der Waals surface area (Å²) >= 11 is 0. The molecule has 1 aromatic carbocycles. The third-order valence-electron chi connectivity index (χ3n) is 4.04. The maximum absolute atomic E-state index is 12.6. The van der Waals surface area contributed by atoms with Crippen LogP contribution in [0, 0.1) is 0 Å². The second kappa shape index (κ2) is 4.23. The summed E-state index contributed by atoms with van der Waals surface area (Å²) in [5, 5.41) is 9.77. The van der Waals surface area contributed by atoms with Gasteiger partial charge in [-0.3, -0.25) is 4.79 Å². The number of amides is 1. The number of likely N-dealkylation sites (tertiary alicyclic amines) is 1. The number of aliphatic hydroxyl groups is 1. The average Bonchev–Trinajstić information content (AvgIpc) is 2.90.